The number of aliphatic hydroxyl groups is 1. The summed E-state index contributed by atoms with van der Waals surface area (Å²) in [6.07, 6.45) is 1.35. The Morgan fingerprint density at radius 3 is 2.54 bits per heavy atom. The van der Waals surface area contributed by atoms with E-state index in [1.807, 2.05) is 0 Å². The Balaban J connectivity index is 2.17. The van der Waals surface area contributed by atoms with E-state index in [0.717, 1.165) is 32.5 Å². The summed E-state index contributed by atoms with van der Waals surface area (Å²) in [4.78, 5) is 2.11. The van der Waals surface area contributed by atoms with E-state index in [4.69, 9.17) is 10.8 Å². The molecule has 13 heavy (non-hydrogen) atoms. The average Bonchev–Trinajstić information content (AvgIpc) is 2.19. The third-order valence-corrected chi connectivity index (χ3v) is 2.69. The number of nitrogens with two attached hydrogens (primary N) is 1. The summed E-state index contributed by atoms with van der Waals surface area (Å²) in [6.45, 7) is 2.46. The Labute approximate surface area is 78.7 Å². The Bertz CT molecular complexity index is 138. The van der Waals surface area contributed by atoms with Gasteiger partial charge in [-0.05, 0) is 38.4 Å². The lowest BCUT2D eigenvalue weighted by Gasteiger charge is -2.32. The van der Waals surface area contributed by atoms with Crippen molar-refractivity contribution in [3.8, 4) is 0 Å². The zero-order valence-electron chi connectivity index (χ0n) is 7.95. The summed E-state index contributed by atoms with van der Waals surface area (Å²) in [6, 6.07) is 0. The molecule has 4 heteroatoms. The van der Waals surface area contributed by atoms with Crippen LogP contribution in [0.2, 0.25) is 0 Å². The van der Waals surface area contributed by atoms with Crippen LogP contribution >= 0.6 is 0 Å². The molecular formula is C9H19FN2O. The summed E-state index contributed by atoms with van der Waals surface area (Å²) in [5, 5.41) is 9.09. The van der Waals surface area contributed by atoms with Crippen molar-refractivity contribution < 1.29 is 9.50 Å². The smallest absolute Gasteiger partial charge is 0.117 e. The zero-order chi connectivity index (χ0) is 9.68. The van der Waals surface area contributed by atoms with Crippen LogP contribution in [0.25, 0.3) is 0 Å². The average molecular weight is 190 g/mol. The number of hydrogen-bond acceptors (Lipinski definition) is 3. The summed E-state index contributed by atoms with van der Waals surface area (Å²) in [5.74, 6) is 0.624. The molecule has 1 atom stereocenters. The number of alkyl halides is 1. The van der Waals surface area contributed by atoms with E-state index in [1.165, 1.54) is 0 Å². The lowest BCUT2D eigenvalue weighted by atomic mass is 9.97. The van der Waals surface area contributed by atoms with Crippen LogP contribution in [-0.2, 0) is 0 Å². The van der Waals surface area contributed by atoms with Crippen molar-refractivity contribution in [1.82, 2.24) is 4.90 Å². The highest BCUT2D eigenvalue weighted by molar-refractivity contribution is 4.74. The molecule has 1 rings (SSSR count). The molecule has 78 valence electrons. The number of β-amino-alcohol motifs (C(OH)–C–C–N with tert-alkyl or cyclic N) is 1. The van der Waals surface area contributed by atoms with Crippen molar-refractivity contribution in [2.45, 2.75) is 18.9 Å². The van der Waals surface area contributed by atoms with E-state index >= 15 is 0 Å². The predicted octanol–water partition coefficient (Wildman–Crippen LogP) is -0.0125. The molecule has 0 saturated carbocycles. The monoisotopic (exact) mass is 190 g/mol. The normalized spacial score (nSPS) is 23.3. The fourth-order valence-electron chi connectivity index (χ4n) is 1.75. The van der Waals surface area contributed by atoms with E-state index in [2.05, 4.69) is 4.90 Å². The van der Waals surface area contributed by atoms with E-state index in [9.17, 15) is 4.39 Å². The molecule has 0 aromatic carbocycles. The molecule has 0 radical (unpaired) electrons. The van der Waals surface area contributed by atoms with Gasteiger partial charge < -0.3 is 15.7 Å². The number of nitrogens with zero attached hydrogens (tertiary/aromatic N) is 1. The van der Waals surface area contributed by atoms with Gasteiger partial charge in [0.1, 0.15) is 6.67 Å². The minimum atomic E-state index is -0.811. The van der Waals surface area contributed by atoms with Crippen LogP contribution in [-0.4, -0.2) is 49.0 Å². The Hall–Kier alpha value is -0.190. The summed E-state index contributed by atoms with van der Waals surface area (Å²) in [5.41, 5.74) is 5.55. The number of hydrogen-bond donors (Lipinski definition) is 2. The van der Waals surface area contributed by atoms with Crippen molar-refractivity contribution in [3.63, 3.8) is 0 Å². The molecular weight excluding hydrogens is 171 g/mol. The van der Waals surface area contributed by atoms with Gasteiger partial charge in [-0.15, -0.1) is 0 Å². The van der Waals surface area contributed by atoms with E-state index in [0.29, 0.717) is 12.5 Å². The van der Waals surface area contributed by atoms with Crippen molar-refractivity contribution in [3.05, 3.63) is 0 Å². The third kappa shape index (κ3) is 3.58. The maximum Gasteiger partial charge on any atom is 0.117 e. The number of piperidine rings is 1. The first-order valence-electron chi connectivity index (χ1n) is 4.92. The summed E-state index contributed by atoms with van der Waals surface area (Å²) < 4.78 is 12.0. The maximum atomic E-state index is 12.0. The summed E-state index contributed by atoms with van der Waals surface area (Å²) >= 11 is 0. The van der Waals surface area contributed by atoms with Crippen molar-refractivity contribution >= 4 is 0 Å². The van der Waals surface area contributed by atoms with Crippen molar-refractivity contribution in [2.24, 2.45) is 11.7 Å². The Kier molecular flexibility index (Phi) is 4.62. The topological polar surface area (TPSA) is 49.5 Å². The highest BCUT2D eigenvalue weighted by Gasteiger charge is 2.19. The lowest BCUT2D eigenvalue weighted by molar-refractivity contribution is 0.0729. The second kappa shape index (κ2) is 5.52. The van der Waals surface area contributed by atoms with E-state index in [-0.39, 0.29) is 0 Å². The minimum absolute atomic E-state index is 0.466. The molecule has 0 aromatic rings. The van der Waals surface area contributed by atoms with Gasteiger partial charge in [0, 0.05) is 6.54 Å². The zero-order valence-corrected chi connectivity index (χ0v) is 7.95. The van der Waals surface area contributed by atoms with Gasteiger partial charge in [-0.3, -0.25) is 0 Å². The van der Waals surface area contributed by atoms with Gasteiger partial charge in [-0.1, -0.05) is 0 Å². The van der Waals surface area contributed by atoms with Gasteiger partial charge in [0.15, 0.2) is 0 Å². The van der Waals surface area contributed by atoms with Crippen molar-refractivity contribution in [2.75, 3.05) is 32.9 Å². The molecule has 0 amide bonds. The SMILES string of the molecule is NCC1CCN(CC(O)CF)CC1. The largest absolute Gasteiger partial charge is 0.389 e. The molecule has 1 fully saturated rings. The Morgan fingerprint density at radius 1 is 1.46 bits per heavy atom. The molecule has 1 heterocycles. The maximum absolute atomic E-state index is 12.0. The first-order valence-corrected chi connectivity index (χ1v) is 4.92. The minimum Gasteiger partial charge on any atom is -0.389 e. The van der Waals surface area contributed by atoms with Crippen LogP contribution in [0.15, 0.2) is 0 Å². The van der Waals surface area contributed by atoms with E-state index in [1.54, 1.807) is 0 Å². The second-order valence-corrected chi connectivity index (χ2v) is 3.79. The van der Waals surface area contributed by atoms with E-state index < -0.39 is 12.8 Å². The van der Waals surface area contributed by atoms with Crippen LogP contribution in [0.3, 0.4) is 0 Å². The Morgan fingerprint density at radius 2 is 2.08 bits per heavy atom. The molecule has 1 unspecified atom stereocenters. The van der Waals surface area contributed by atoms with Gasteiger partial charge in [-0.25, -0.2) is 4.39 Å². The summed E-state index contributed by atoms with van der Waals surface area (Å²) in [7, 11) is 0. The number of aliphatic hydroxyl groups excluding tert-OH is 1. The lowest BCUT2D eigenvalue weighted by Crippen LogP contribution is -2.40. The molecule has 1 aliphatic heterocycles. The molecule has 0 spiro atoms. The molecule has 0 aliphatic carbocycles. The second-order valence-electron chi connectivity index (χ2n) is 3.79. The predicted molar refractivity (Wildman–Crippen MR) is 50.2 cm³/mol. The molecule has 1 aliphatic rings. The van der Waals surface area contributed by atoms with Crippen LogP contribution in [0.1, 0.15) is 12.8 Å². The third-order valence-electron chi connectivity index (χ3n) is 2.69. The number of likely N-dealkylation sites (tertiary alicyclic amines) is 1. The van der Waals surface area contributed by atoms with Crippen LogP contribution in [0, 0.1) is 5.92 Å². The van der Waals surface area contributed by atoms with Gasteiger partial charge in [0.25, 0.3) is 0 Å². The standard InChI is InChI=1S/C9H19FN2O/c10-5-9(13)7-12-3-1-8(6-11)2-4-12/h8-9,13H,1-7,11H2. The van der Waals surface area contributed by atoms with Gasteiger partial charge >= 0.3 is 0 Å². The van der Waals surface area contributed by atoms with Crippen LogP contribution in [0.5, 0.6) is 0 Å². The highest BCUT2D eigenvalue weighted by atomic mass is 19.1. The molecule has 0 aromatic heterocycles. The highest BCUT2D eigenvalue weighted by Crippen LogP contribution is 2.15. The molecule has 3 nitrogen and oxygen atoms in total. The quantitative estimate of drug-likeness (QED) is 0.655. The van der Waals surface area contributed by atoms with Crippen molar-refractivity contribution in [1.29, 1.82) is 0 Å². The van der Waals surface area contributed by atoms with Gasteiger partial charge in [-0.2, -0.15) is 0 Å². The first-order chi connectivity index (χ1) is 6.26. The fourth-order valence-corrected chi connectivity index (χ4v) is 1.75. The molecule has 3 N–H and O–H groups in total. The van der Waals surface area contributed by atoms with Crippen LogP contribution in [0.4, 0.5) is 4.39 Å². The van der Waals surface area contributed by atoms with Gasteiger partial charge in [0.2, 0.25) is 0 Å². The number of rotatable bonds is 4. The van der Waals surface area contributed by atoms with Gasteiger partial charge in [0.05, 0.1) is 6.10 Å². The first kappa shape index (κ1) is 10.9. The molecule has 1 saturated heterocycles. The van der Waals surface area contributed by atoms with Crippen LogP contribution < -0.4 is 5.73 Å². The fraction of sp³-hybridized carbons (Fsp3) is 1.00. The molecule has 0 bridgehead atoms. The number of halogens is 1.